The maximum absolute atomic E-state index is 11.9. The lowest BCUT2D eigenvalue weighted by Crippen LogP contribution is -2.46. The van der Waals surface area contributed by atoms with Crippen molar-refractivity contribution < 1.29 is 4.79 Å². The van der Waals surface area contributed by atoms with Crippen LogP contribution in [-0.4, -0.2) is 27.8 Å². The van der Waals surface area contributed by atoms with Crippen LogP contribution in [0.15, 0.2) is 18.5 Å². The molecule has 0 saturated heterocycles. The molecule has 1 amide bonds. The van der Waals surface area contributed by atoms with E-state index in [-0.39, 0.29) is 24.0 Å². The second-order valence-electron chi connectivity index (χ2n) is 4.37. The maximum Gasteiger partial charge on any atom is 0.244 e. The fraction of sp³-hybridized carbons (Fsp3) is 0.636. The highest BCUT2D eigenvalue weighted by Crippen LogP contribution is 2.17. The van der Waals surface area contributed by atoms with Gasteiger partial charge in [0.05, 0.1) is 0 Å². The standard InChI is InChI=1S/C11H18N4O/c1-8(15-7-3-6-13-15)11(16)14-10-5-2-4-9(10)12/h3,6-10H,2,4-5,12H2,1H3,(H,14,16). The summed E-state index contributed by atoms with van der Waals surface area (Å²) < 4.78 is 1.65. The van der Waals surface area contributed by atoms with Crippen molar-refractivity contribution in [2.45, 2.75) is 44.3 Å². The molecule has 1 heterocycles. The Morgan fingerprint density at radius 3 is 3.00 bits per heavy atom. The van der Waals surface area contributed by atoms with Gasteiger partial charge in [0.1, 0.15) is 6.04 Å². The largest absolute Gasteiger partial charge is 0.350 e. The Kier molecular flexibility index (Phi) is 3.24. The van der Waals surface area contributed by atoms with Crippen LogP contribution in [0, 0.1) is 0 Å². The minimum atomic E-state index is -0.275. The van der Waals surface area contributed by atoms with Crippen LogP contribution in [0.2, 0.25) is 0 Å². The van der Waals surface area contributed by atoms with Gasteiger partial charge in [-0.1, -0.05) is 0 Å². The highest BCUT2D eigenvalue weighted by Gasteiger charge is 2.27. The summed E-state index contributed by atoms with van der Waals surface area (Å²) in [6.07, 6.45) is 6.55. The molecule has 1 saturated carbocycles. The van der Waals surface area contributed by atoms with Gasteiger partial charge in [0, 0.05) is 24.5 Å². The summed E-state index contributed by atoms with van der Waals surface area (Å²) in [6, 6.07) is 1.77. The van der Waals surface area contributed by atoms with Crippen molar-refractivity contribution in [3.8, 4) is 0 Å². The summed E-state index contributed by atoms with van der Waals surface area (Å²) in [7, 11) is 0. The Hall–Kier alpha value is -1.36. The van der Waals surface area contributed by atoms with Gasteiger partial charge in [0.15, 0.2) is 0 Å². The van der Waals surface area contributed by atoms with Gasteiger partial charge in [-0.3, -0.25) is 9.48 Å². The van der Waals surface area contributed by atoms with E-state index in [1.165, 1.54) is 0 Å². The van der Waals surface area contributed by atoms with E-state index in [4.69, 9.17) is 5.73 Å². The number of rotatable bonds is 3. The Balaban J connectivity index is 1.93. The average Bonchev–Trinajstić information content (AvgIpc) is 2.89. The van der Waals surface area contributed by atoms with Crippen LogP contribution in [0.3, 0.4) is 0 Å². The quantitative estimate of drug-likeness (QED) is 0.779. The van der Waals surface area contributed by atoms with Crippen molar-refractivity contribution in [3.05, 3.63) is 18.5 Å². The molecule has 1 fully saturated rings. The summed E-state index contributed by atoms with van der Waals surface area (Å²) in [5.74, 6) is -0.00829. The minimum Gasteiger partial charge on any atom is -0.350 e. The lowest BCUT2D eigenvalue weighted by atomic mass is 10.1. The third-order valence-electron chi connectivity index (χ3n) is 3.20. The first-order chi connectivity index (χ1) is 7.68. The summed E-state index contributed by atoms with van der Waals surface area (Å²) in [5.41, 5.74) is 5.91. The highest BCUT2D eigenvalue weighted by molar-refractivity contribution is 5.80. The molecule has 5 heteroatoms. The van der Waals surface area contributed by atoms with Gasteiger partial charge in [-0.2, -0.15) is 5.10 Å². The van der Waals surface area contributed by atoms with Gasteiger partial charge >= 0.3 is 0 Å². The van der Waals surface area contributed by atoms with E-state index in [1.54, 1.807) is 17.1 Å². The summed E-state index contributed by atoms with van der Waals surface area (Å²) in [4.78, 5) is 11.9. The van der Waals surface area contributed by atoms with Crippen molar-refractivity contribution >= 4 is 5.91 Å². The first-order valence-electron chi connectivity index (χ1n) is 5.73. The molecular formula is C11H18N4O. The topological polar surface area (TPSA) is 72.9 Å². The van der Waals surface area contributed by atoms with E-state index in [9.17, 15) is 4.79 Å². The molecule has 5 nitrogen and oxygen atoms in total. The van der Waals surface area contributed by atoms with Gasteiger partial charge in [-0.05, 0) is 32.3 Å². The van der Waals surface area contributed by atoms with Crippen LogP contribution in [-0.2, 0) is 4.79 Å². The van der Waals surface area contributed by atoms with Crippen LogP contribution in [0.25, 0.3) is 0 Å². The van der Waals surface area contributed by atoms with Gasteiger partial charge < -0.3 is 11.1 Å². The zero-order chi connectivity index (χ0) is 11.5. The Morgan fingerprint density at radius 1 is 1.62 bits per heavy atom. The maximum atomic E-state index is 11.9. The molecule has 3 atom stereocenters. The van der Waals surface area contributed by atoms with E-state index in [0.717, 1.165) is 19.3 Å². The lowest BCUT2D eigenvalue weighted by molar-refractivity contribution is -0.124. The van der Waals surface area contributed by atoms with Crippen molar-refractivity contribution in [1.82, 2.24) is 15.1 Å². The molecule has 0 spiro atoms. The normalized spacial score (nSPS) is 26.6. The van der Waals surface area contributed by atoms with E-state index in [1.807, 2.05) is 13.0 Å². The zero-order valence-electron chi connectivity index (χ0n) is 9.47. The molecule has 88 valence electrons. The minimum absolute atomic E-state index is 0.00829. The summed E-state index contributed by atoms with van der Waals surface area (Å²) in [5, 5.41) is 7.05. The number of carbonyl (C=O) groups excluding carboxylic acids is 1. The average molecular weight is 222 g/mol. The molecule has 3 unspecified atom stereocenters. The molecule has 3 N–H and O–H groups in total. The van der Waals surface area contributed by atoms with Crippen molar-refractivity contribution in [3.63, 3.8) is 0 Å². The number of amides is 1. The molecule has 0 radical (unpaired) electrons. The van der Waals surface area contributed by atoms with Crippen LogP contribution in [0.5, 0.6) is 0 Å². The number of carbonyl (C=O) groups is 1. The SMILES string of the molecule is CC(C(=O)NC1CCCC1N)n1cccn1. The third-order valence-corrected chi connectivity index (χ3v) is 3.20. The lowest BCUT2D eigenvalue weighted by Gasteiger charge is -2.20. The van der Waals surface area contributed by atoms with Crippen LogP contribution >= 0.6 is 0 Å². The smallest absolute Gasteiger partial charge is 0.244 e. The van der Waals surface area contributed by atoms with Crippen LogP contribution in [0.4, 0.5) is 0 Å². The van der Waals surface area contributed by atoms with Crippen LogP contribution < -0.4 is 11.1 Å². The molecule has 0 aromatic carbocycles. The molecule has 1 aromatic rings. The van der Waals surface area contributed by atoms with E-state index >= 15 is 0 Å². The predicted molar refractivity (Wildman–Crippen MR) is 60.7 cm³/mol. The highest BCUT2D eigenvalue weighted by atomic mass is 16.2. The fourth-order valence-electron chi connectivity index (χ4n) is 2.10. The predicted octanol–water partition coefficient (Wildman–Crippen LogP) is 0.440. The van der Waals surface area contributed by atoms with E-state index in [2.05, 4.69) is 10.4 Å². The molecule has 1 aliphatic rings. The Morgan fingerprint density at radius 2 is 2.44 bits per heavy atom. The second kappa shape index (κ2) is 4.65. The van der Waals surface area contributed by atoms with E-state index < -0.39 is 0 Å². The third kappa shape index (κ3) is 2.24. The van der Waals surface area contributed by atoms with Crippen molar-refractivity contribution in [2.24, 2.45) is 5.73 Å². The number of hydrogen-bond acceptors (Lipinski definition) is 3. The molecule has 0 bridgehead atoms. The number of nitrogens with one attached hydrogen (secondary N) is 1. The van der Waals surface area contributed by atoms with Crippen molar-refractivity contribution in [1.29, 1.82) is 0 Å². The summed E-state index contributed by atoms with van der Waals surface area (Å²) >= 11 is 0. The molecule has 16 heavy (non-hydrogen) atoms. The second-order valence-corrected chi connectivity index (χ2v) is 4.37. The number of nitrogens with zero attached hydrogens (tertiary/aromatic N) is 2. The molecular weight excluding hydrogens is 204 g/mol. The molecule has 1 aliphatic carbocycles. The van der Waals surface area contributed by atoms with Gasteiger partial charge in [0.25, 0.3) is 0 Å². The first-order valence-corrected chi connectivity index (χ1v) is 5.73. The molecule has 1 aromatic heterocycles. The van der Waals surface area contributed by atoms with Gasteiger partial charge in [-0.15, -0.1) is 0 Å². The van der Waals surface area contributed by atoms with E-state index in [0.29, 0.717) is 0 Å². The number of nitrogens with two attached hydrogens (primary N) is 1. The fourth-order valence-corrected chi connectivity index (χ4v) is 2.10. The molecule has 2 rings (SSSR count). The van der Waals surface area contributed by atoms with Crippen molar-refractivity contribution in [2.75, 3.05) is 0 Å². The zero-order valence-corrected chi connectivity index (χ0v) is 9.47. The number of aromatic nitrogens is 2. The van der Waals surface area contributed by atoms with Gasteiger partial charge in [0.2, 0.25) is 5.91 Å². The first kappa shape index (κ1) is 11.1. The number of hydrogen-bond donors (Lipinski definition) is 2. The van der Waals surface area contributed by atoms with Gasteiger partial charge in [-0.25, -0.2) is 0 Å². The Labute approximate surface area is 95.0 Å². The Bertz CT molecular complexity index is 349. The summed E-state index contributed by atoms with van der Waals surface area (Å²) in [6.45, 7) is 1.84. The molecule has 0 aliphatic heterocycles. The monoisotopic (exact) mass is 222 g/mol. The van der Waals surface area contributed by atoms with Crippen LogP contribution in [0.1, 0.15) is 32.2 Å².